The Morgan fingerprint density at radius 2 is 1.76 bits per heavy atom. The van der Waals surface area contributed by atoms with E-state index in [-0.39, 0.29) is 5.75 Å². The van der Waals surface area contributed by atoms with E-state index in [4.69, 9.17) is 0 Å². The molecule has 3 nitrogen and oxygen atoms in total. The van der Waals surface area contributed by atoms with Crippen molar-refractivity contribution < 1.29 is 8.42 Å². The average Bonchev–Trinajstić information content (AvgIpc) is 2.28. The molecule has 0 amide bonds. The smallest absolute Gasteiger partial charge is 0.149 e. The second kappa shape index (κ2) is 4.75. The molecule has 0 spiro atoms. The maximum absolute atomic E-state index is 11.0. The van der Waals surface area contributed by atoms with Crippen LogP contribution in [0.15, 0.2) is 42.5 Å². The van der Waals surface area contributed by atoms with Crippen molar-refractivity contribution in [1.29, 1.82) is 0 Å². The number of hydrogen-bond acceptors (Lipinski definition) is 3. The zero-order valence-electron chi connectivity index (χ0n) is 9.68. The third-order valence-electron chi connectivity index (χ3n) is 2.58. The number of hydrogen-bond donors (Lipinski definition) is 1. The number of nitrogens with one attached hydrogen (secondary N) is 1. The average molecular weight is 249 g/mol. The first-order chi connectivity index (χ1) is 8.06. The van der Waals surface area contributed by atoms with Crippen LogP contribution >= 0.6 is 0 Å². The van der Waals surface area contributed by atoms with Crippen LogP contribution in [0.2, 0.25) is 0 Å². The predicted molar refractivity (Wildman–Crippen MR) is 72.1 cm³/mol. The van der Waals surface area contributed by atoms with Crippen LogP contribution in [-0.2, 0) is 9.84 Å². The fourth-order valence-electron chi connectivity index (χ4n) is 1.75. The Morgan fingerprint density at radius 3 is 2.53 bits per heavy atom. The van der Waals surface area contributed by atoms with E-state index in [1.807, 2.05) is 42.5 Å². The van der Waals surface area contributed by atoms with E-state index in [2.05, 4.69) is 5.32 Å². The van der Waals surface area contributed by atoms with Gasteiger partial charge in [0.1, 0.15) is 9.84 Å². The third-order valence-corrected chi connectivity index (χ3v) is 3.52. The molecule has 1 N–H and O–H groups in total. The summed E-state index contributed by atoms with van der Waals surface area (Å²) in [6, 6.07) is 14.0. The van der Waals surface area contributed by atoms with Gasteiger partial charge < -0.3 is 5.32 Å². The highest BCUT2D eigenvalue weighted by atomic mass is 32.2. The molecule has 90 valence electrons. The SMILES string of the molecule is CS(=O)(=O)CCNc1cccc2ccccc12. The zero-order valence-corrected chi connectivity index (χ0v) is 10.5. The van der Waals surface area contributed by atoms with Gasteiger partial charge >= 0.3 is 0 Å². The highest BCUT2D eigenvalue weighted by Crippen LogP contribution is 2.22. The van der Waals surface area contributed by atoms with Crippen molar-refractivity contribution in [2.24, 2.45) is 0 Å². The molecule has 0 aliphatic heterocycles. The van der Waals surface area contributed by atoms with E-state index in [9.17, 15) is 8.42 Å². The maximum atomic E-state index is 11.0. The van der Waals surface area contributed by atoms with Crippen LogP contribution in [0.3, 0.4) is 0 Å². The Morgan fingerprint density at radius 1 is 1.06 bits per heavy atom. The summed E-state index contributed by atoms with van der Waals surface area (Å²) in [5.41, 5.74) is 0.978. The molecule has 2 aromatic carbocycles. The predicted octanol–water partition coefficient (Wildman–Crippen LogP) is 2.30. The second-order valence-electron chi connectivity index (χ2n) is 4.08. The zero-order chi connectivity index (χ0) is 12.3. The normalized spacial score (nSPS) is 11.6. The Balaban J connectivity index is 2.19. The summed E-state index contributed by atoms with van der Waals surface area (Å²) in [4.78, 5) is 0. The van der Waals surface area contributed by atoms with Crippen molar-refractivity contribution in [1.82, 2.24) is 0 Å². The van der Waals surface area contributed by atoms with Crippen molar-refractivity contribution >= 4 is 26.3 Å². The van der Waals surface area contributed by atoms with Crippen LogP contribution in [0.25, 0.3) is 10.8 Å². The topological polar surface area (TPSA) is 46.2 Å². The summed E-state index contributed by atoms with van der Waals surface area (Å²) in [5, 5.41) is 5.43. The van der Waals surface area contributed by atoms with Gasteiger partial charge in [0.05, 0.1) is 5.75 Å². The van der Waals surface area contributed by atoms with Crippen molar-refractivity contribution in [3.63, 3.8) is 0 Å². The molecule has 0 heterocycles. The standard InChI is InChI=1S/C13H15NO2S/c1-17(15,16)10-9-14-13-8-4-6-11-5-2-3-7-12(11)13/h2-8,14H,9-10H2,1H3. The Kier molecular flexibility index (Phi) is 3.33. The minimum absolute atomic E-state index is 0.149. The number of sulfone groups is 1. The van der Waals surface area contributed by atoms with Gasteiger partial charge in [-0.2, -0.15) is 0 Å². The van der Waals surface area contributed by atoms with Crippen molar-refractivity contribution in [3.8, 4) is 0 Å². The second-order valence-corrected chi connectivity index (χ2v) is 6.34. The molecule has 0 unspecified atom stereocenters. The molecule has 0 aromatic heterocycles. The lowest BCUT2D eigenvalue weighted by Gasteiger charge is -2.08. The van der Waals surface area contributed by atoms with Crippen molar-refractivity contribution in [2.75, 3.05) is 23.9 Å². The Labute approximate surface area is 101 Å². The number of anilines is 1. The largest absolute Gasteiger partial charge is 0.384 e. The number of benzene rings is 2. The number of rotatable bonds is 4. The van der Waals surface area contributed by atoms with Crippen LogP contribution in [0.1, 0.15) is 0 Å². The molecular formula is C13H15NO2S. The van der Waals surface area contributed by atoms with Gasteiger partial charge in [0.15, 0.2) is 0 Å². The van der Waals surface area contributed by atoms with Gasteiger partial charge in [0.2, 0.25) is 0 Å². The molecule has 0 aliphatic rings. The minimum atomic E-state index is -2.91. The molecule has 0 saturated heterocycles. The van der Waals surface area contributed by atoms with E-state index in [1.165, 1.54) is 6.26 Å². The van der Waals surface area contributed by atoms with E-state index in [1.54, 1.807) is 0 Å². The van der Waals surface area contributed by atoms with Gasteiger partial charge in [0.25, 0.3) is 0 Å². The van der Waals surface area contributed by atoms with Gasteiger partial charge in [-0.05, 0) is 11.5 Å². The van der Waals surface area contributed by atoms with Crippen LogP contribution in [0, 0.1) is 0 Å². The quantitative estimate of drug-likeness (QED) is 0.904. The molecule has 17 heavy (non-hydrogen) atoms. The van der Waals surface area contributed by atoms with Gasteiger partial charge in [-0.25, -0.2) is 8.42 Å². The third kappa shape index (κ3) is 3.20. The maximum Gasteiger partial charge on any atom is 0.149 e. The van der Waals surface area contributed by atoms with Crippen molar-refractivity contribution in [3.05, 3.63) is 42.5 Å². The molecule has 0 radical (unpaired) electrons. The molecular weight excluding hydrogens is 234 g/mol. The highest BCUT2D eigenvalue weighted by molar-refractivity contribution is 7.90. The van der Waals surface area contributed by atoms with E-state index < -0.39 is 9.84 Å². The fraction of sp³-hybridized carbons (Fsp3) is 0.231. The van der Waals surface area contributed by atoms with Crippen LogP contribution in [0.5, 0.6) is 0 Å². The first-order valence-electron chi connectivity index (χ1n) is 5.46. The van der Waals surface area contributed by atoms with Gasteiger partial charge in [0, 0.05) is 23.9 Å². The van der Waals surface area contributed by atoms with E-state index in [0.717, 1.165) is 16.5 Å². The lowest BCUT2D eigenvalue weighted by Crippen LogP contribution is -2.14. The fourth-order valence-corrected chi connectivity index (χ4v) is 2.22. The molecule has 0 aliphatic carbocycles. The highest BCUT2D eigenvalue weighted by Gasteiger charge is 2.03. The van der Waals surface area contributed by atoms with Crippen LogP contribution < -0.4 is 5.32 Å². The summed E-state index contributed by atoms with van der Waals surface area (Å²) in [5.74, 6) is 0.149. The van der Waals surface area contributed by atoms with Gasteiger partial charge in [-0.3, -0.25) is 0 Å². The molecule has 0 saturated carbocycles. The van der Waals surface area contributed by atoms with Crippen LogP contribution in [-0.4, -0.2) is 27.0 Å². The molecule has 4 heteroatoms. The van der Waals surface area contributed by atoms with Gasteiger partial charge in [-0.15, -0.1) is 0 Å². The number of fused-ring (bicyclic) bond motifs is 1. The van der Waals surface area contributed by atoms with Crippen LogP contribution in [0.4, 0.5) is 5.69 Å². The Bertz CT molecular complexity index is 615. The van der Waals surface area contributed by atoms with E-state index >= 15 is 0 Å². The van der Waals surface area contributed by atoms with E-state index in [0.29, 0.717) is 6.54 Å². The summed E-state index contributed by atoms with van der Waals surface area (Å²) >= 11 is 0. The molecule has 0 bridgehead atoms. The monoisotopic (exact) mass is 249 g/mol. The first kappa shape index (κ1) is 11.9. The molecule has 0 fully saturated rings. The lowest BCUT2D eigenvalue weighted by atomic mass is 10.1. The minimum Gasteiger partial charge on any atom is -0.384 e. The molecule has 2 aromatic rings. The summed E-state index contributed by atoms with van der Waals surface area (Å²) < 4.78 is 22.1. The molecule has 0 atom stereocenters. The summed E-state index contributed by atoms with van der Waals surface area (Å²) in [7, 11) is -2.91. The van der Waals surface area contributed by atoms with Crippen molar-refractivity contribution in [2.45, 2.75) is 0 Å². The lowest BCUT2D eigenvalue weighted by molar-refractivity contribution is 0.602. The Hall–Kier alpha value is -1.55. The molecule has 2 rings (SSSR count). The van der Waals surface area contributed by atoms with Gasteiger partial charge in [-0.1, -0.05) is 36.4 Å². The summed E-state index contributed by atoms with van der Waals surface area (Å²) in [6.07, 6.45) is 1.25. The summed E-state index contributed by atoms with van der Waals surface area (Å²) in [6.45, 7) is 0.437. The first-order valence-corrected chi connectivity index (χ1v) is 7.52.